The molecule has 21 heavy (non-hydrogen) atoms. The molecule has 0 amide bonds. The second kappa shape index (κ2) is 7.69. The number of rotatable bonds is 5. The van der Waals surface area contributed by atoms with Crippen LogP contribution in [0.25, 0.3) is 12.2 Å². The molecular formula is C18H13IO2. The second-order valence-corrected chi connectivity index (χ2v) is 5.33. The molecule has 0 N–H and O–H groups in total. The van der Waals surface area contributed by atoms with Gasteiger partial charge in [0, 0.05) is 22.6 Å². The molecule has 0 atom stereocenters. The van der Waals surface area contributed by atoms with Crippen LogP contribution in [0.3, 0.4) is 0 Å². The molecule has 0 unspecified atom stereocenters. The van der Waals surface area contributed by atoms with Crippen molar-refractivity contribution in [2.24, 2.45) is 0 Å². The Hall–Kier alpha value is -2.01. The molecule has 0 aliphatic carbocycles. The van der Waals surface area contributed by atoms with Crippen LogP contribution in [0.5, 0.6) is 0 Å². The van der Waals surface area contributed by atoms with Crippen LogP contribution in [0.1, 0.15) is 11.1 Å². The minimum absolute atomic E-state index is 0.175. The molecule has 2 aromatic rings. The molecule has 2 rings (SSSR count). The largest absolute Gasteiger partial charge is 0.289 e. The van der Waals surface area contributed by atoms with E-state index in [1.807, 2.05) is 60.7 Å². The Morgan fingerprint density at radius 3 is 1.86 bits per heavy atom. The van der Waals surface area contributed by atoms with Crippen LogP contribution in [-0.2, 0) is 9.59 Å². The van der Waals surface area contributed by atoms with Crippen LogP contribution in [0, 0.1) is 0 Å². The highest BCUT2D eigenvalue weighted by Crippen LogP contribution is 2.13. The fourth-order valence-electron chi connectivity index (χ4n) is 1.77. The molecule has 0 fully saturated rings. The summed E-state index contributed by atoms with van der Waals surface area (Å²) in [6, 6.07) is 18.8. The van der Waals surface area contributed by atoms with E-state index in [1.165, 1.54) is 6.08 Å². The first-order valence-electron chi connectivity index (χ1n) is 6.41. The maximum Gasteiger partial charge on any atom is 0.226 e. The molecule has 0 saturated heterocycles. The van der Waals surface area contributed by atoms with Gasteiger partial charge in [-0.15, -0.1) is 0 Å². The van der Waals surface area contributed by atoms with Gasteiger partial charge in [-0.05, 0) is 23.3 Å². The molecule has 0 saturated carbocycles. The zero-order valence-electron chi connectivity index (χ0n) is 11.2. The van der Waals surface area contributed by atoms with E-state index in [4.69, 9.17) is 0 Å². The number of carbonyl (C=O) groups excluding carboxylic acids is 2. The van der Waals surface area contributed by atoms with Crippen molar-refractivity contribution in [1.29, 1.82) is 0 Å². The Kier molecular flexibility index (Phi) is 5.63. The third-order valence-corrected chi connectivity index (χ3v) is 3.40. The van der Waals surface area contributed by atoms with Gasteiger partial charge in [0.15, 0.2) is 5.78 Å². The third-order valence-electron chi connectivity index (χ3n) is 2.81. The van der Waals surface area contributed by atoms with Gasteiger partial charge in [-0.1, -0.05) is 66.7 Å². The van der Waals surface area contributed by atoms with Crippen molar-refractivity contribution < 1.29 is 9.59 Å². The van der Waals surface area contributed by atoms with E-state index in [2.05, 4.69) is 0 Å². The van der Waals surface area contributed by atoms with Gasteiger partial charge < -0.3 is 0 Å². The normalized spacial score (nSPS) is 11.6. The van der Waals surface area contributed by atoms with Crippen molar-refractivity contribution in [2.75, 3.05) is 0 Å². The SMILES string of the molecule is O=C(I)C(=Cc1ccccc1)C(=O)C=Cc1ccccc1. The first-order chi connectivity index (χ1) is 10.2. The van der Waals surface area contributed by atoms with E-state index in [0.717, 1.165) is 11.1 Å². The van der Waals surface area contributed by atoms with E-state index in [-0.39, 0.29) is 15.1 Å². The lowest BCUT2D eigenvalue weighted by Gasteiger charge is -1.99. The standard InChI is InChI=1S/C18H13IO2/c19-18(21)16(13-15-9-5-2-6-10-15)17(20)12-11-14-7-3-1-4-8-14/h1-13H. The number of benzene rings is 2. The van der Waals surface area contributed by atoms with Gasteiger partial charge in [0.05, 0.1) is 5.57 Å². The maximum atomic E-state index is 12.2. The van der Waals surface area contributed by atoms with Gasteiger partial charge in [0.2, 0.25) is 3.79 Å². The quantitative estimate of drug-likeness (QED) is 0.252. The molecule has 0 heterocycles. The lowest BCUT2D eigenvalue weighted by Crippen LogP contribution is -2.04. The van der Waals surface area contributed by atoms with Gasteiger partial charge >= 0.3 is 0 Å². The van der Waals surface area contributed by atoms with Crippen molar-refractivity contribution in [2.45, 2.75) is 0 Å². The Bertz CT molecular complexity index is 686. The molecule has 0 aliphatic rings. The fourth-order valence-corrected chi connectivity index (χ4v) is 2.19. The fraction of sp³-hybridized carbons (Fsp3) is 0. The smallest absolute Gasteiger partial charge is 0.226 e. The van der Waals surface area contributed by atoms with E-state index >= 15 is 0 Å². The first-order valence-corrected chi connectivity index (χ1v) is 7.49. The summed E-state index contributed by atoms with van der Waals surface area (Å²) in [5.41, 5.74) is 1.93. The molecule has 0 radical (unpaired) electrons. The number of allylic oxidation sites excluding steroid dienone is 2. The van der Waals surface area contributed by atoms with Crippen molar-refractivity contribution >= 4 is 44.3 Å². The molecule has 0 aromatic heterocycles. The summed E-state index contributed by atoms with van der Waals surface area (Å²) >= 11 is 1.64. The lowest BCUT2D eigenvalue weighted by molar-refractivity contribution is -0.114. The van der Waals surface area contributed by atoms with E-state index < -0.39 is 0 Å². The molecular weight excluding hydrogens is 375 g/mol. The van der Waals surface area contributed by atoms with Crippen LogP contribution in [0.15, 0.2) is 72.3 Å². The zero-order chi connectivity index (χ0) is 15.1. The third kappa shape index (κ3) is 4.79. The van der Waals surface area contributed by atoms with Crippen LogP contribution in [-0.4, -0.2) is 9.57 Å². The first kappa shape index (κ1) is 15.4. The van der Waals surface area contributed by atoms with Crippen molar-refractivity contribution in [1.82, 2.24) is 0 Å². The predicted molar refractivity (Wildman–Crippen MR) is 93.9 cm³/mol. The molecule has 0 spiro atoms. The Morgan fingerprint density at radius 2 is 1.33 bits per heavy atom. The summed E-state index contributed by atoms with van der Waals surface area (Å²) < 4.78 is -0.265. The molecule has 2 nitrogen and oxygen atoms in total. The molecule has 104 valence electrons. The van der Waals surface area contributed by atoms with Gasteiger partial charge in [-0.3, -0.25) is 9.59 Å². The van der Waals surface area contributed by atoms with Crippen LogP contribution >= 0.6 is 22.6 Å². The summed E-state index contributed by atoms with van der Waals surface area (Å²) in [6.45, 7) is 0. The zero-order valence-corrected chi connectivity index (χ0v) is 13.4. The lowest BCUT2D eigenvalue weighted by atomic mass is 10.1. The summed E-state index contributed by atoms with van der Waals surface area (Å²) in [7, 11) is 0. The molecule has 0 aliphatic heterocycles. The van der Waals surface area contributed by atoms with E-state index in [0.29, 0.717) is 0 Å². The highest BCUT2D eigenvalue weighted by atomic mass is 127. The van der Waals surface area contributed by atoms with E-state index in [9.17, 15) is 9.59 Å². The van der Waals surface area contributed by atoms with Gasteiger partial charge in [-0.2, -0.15) is 0 Å². The summed E-state index contributed by atoms with van der Waals surface area (Å²) in [6.07, 6.45) is 4.76. The van der Waals surface area contributed by atoms with Gasteiger partial charge in [0.25, 0.3) is 0 Å². The molecule has 0 bridgehead atoms. The van der Waals surface area contributed by atoms with Crippen molar-refractivity contribution in [3.8, 4) is 0 Å². The Morgan fingerprint density at radius 1 is 0.810 bits per heavy atom. The predicted octanol–water partition coefficient (Wildman–Crippen LogP) is 4.31. The van der Waals surface area contributed by atoms with Crippen LogP contribution in [0.2, 0.25) is 0 Å². The highest BCUT2D eigenvalue weighted by molar-refractivity contribution is 14.1. The summed E-state index contributed by atoms with van der Waals surface area (Å²) in [5, 5.41) is 0. The van der Waals surface area contributed by atoms with Crippen LogP contribution in [0.4, 0.5) is 0 Å². The maximum absolute atomic E-state index is 12.2. The van der Waals surface area contributed by atoms with E-state index in [1.54, 1.807) is 34.7 Å². The minimum atomic E-state index is -0.290. The summed E-state index contributed by atoms with van der Waals surface area (Å²) in [4.78, 5) is 23.8. The minimum Gasteiger partial charge on any atom is -0.289 e. The Labute approximate surface area is 137 Å². The van der Waals surface area contributed by atoms with Gasteiger partial charge in [-0.25, -0.2) is 0 Å². The molecule has 3 heteroatoms. The number of hydrogen-bond donors (Lipinski definition) is 0. The number of carbonyl (C=O) groups is 2. The number of ketones is 1. The topological polar surface area (TPSA) is 34.1 Å². The number of hydrogen-bond acceptors (Lipinski definition) is 2. The second-order valence-electron chi connectivity index (χ2n) is 4.35. The average Bonchev–Trinajstić information content (AvgIpc) is 2.52. The average molecular weight is 388 g/mol. The number of halogens is 1. The Balaban J connectivity index is 2.23. The summed E-state index contributed by atoms with van der Waals surface area (Å²) in [5.74, 6) is -0.290. The van der Waals surface area contributed by atoms with Crippen LogP contribution < -0.4 is 0 Å². The monoisotopic (exact) mass is 388 g/mol. The highest BCUT2D eigenvalue weighted by Gasteiger charge is 2.12. The van der Waals surface area contributed by atoms with Gasteiger partial charge in [0.1, 0.15) is 0 Å². The van der Waals surface area contributed by atoms with Crippen molar-refractivity contribution in [3.05, 3.63) is 83.4 Å². The molecule has 2 aromatic carbocycles. The van der Waals surface area contributed by atoms with Crippen molar-refractivity contribution in [3.63, 3.8) is 0 Å².